The van der Waals surface area contributed by atoms with Crippen LogP contribution >= 0.6 is 15.9 Å². The second-order valence-electron chi connectivity index (χ2n) is 3.88. The summed E-state index contributed by atoms with van der Waals surface area (Å²) in [7, 11) is 2.85. The number of halogens is 2. The van der Waals surface area contributed by atoms with Crippen LogP contribution in [0.15, 0.2) is 28.9 Å². The lowest BCUT2D eigenvalue weighted by atomic mass is 10.1. The largest absolute Gasteiger partial charge is 0.480 e. The summed E-state index contributed by atoms with van der Waals surface area (Å²) in [5, 5.41) is 10.4. The summed E-state index contributed by atoms with van der Waals surface area (Å²) in [4.78, 5) is 8.09. The van der Waals surface area contributed by atoms with Crippen LogP contribution in [-0.4, -0.2) is 29.3 Å². The minimum Gasteiger partial charge on any atom is -0.480 e. The fraction of sp³-hybridized carbons (Fsp3) is 0.231. The van der Waals surface area contributed by atoms with Crippen molar-refractivity contribution in [3.05, 3.63) is 45.9 Å². The monoisotopic (exact) mass is 342 g/mol. The van der Waals surface area contributed by atoms with Crippen molar-refractivity contribution in [2.45, 2.75) is 6.10 Å². The standard InChI is InChI=1S/C13H12BrFN2O3/c1-19-10-6-16-11(13(17-10)20-2)12(18)8-5-7(15)3-4-9(8)14/h3-6,12,18H,1-2H3. The Bertz CT molecular complexity index is 625. The van der Waals surface area contributed by atoms with Gasteiger partial charge in [-0.1, -0.05) is 15.9 Å². The fourth-order valence-corrected chi connectivity index (χ4v) is 2.14. The van der Waals surface area contributed by atoms with Crippen LogP contribution in [0.25, 0.3) is 0 Å². The molecule has 0 spiro atoms. The van der Waals surface area contributed by atoms with E-state index in [2.05, 4.69) is 25.9 Å². The first-order valence-corrected chi connectivity index (χ1v) is 6.44. The summed E-state index contributed by atoms with van der Waals surface area (Å²) in [5.74, 6) is -0.0770. The second-order valence-corrected chi connectivity index (χ2v) is 4.73. The van der Waals surface area contributed by atoms with Gasteiger partial charge in [0.05, 0.1) is 20.4 Å². The van der Waals surface area contributed by atoms with Gasteiger partial charge in [0.2, 0.25) is 11.8 Å². The van der Waals surface area contributed by atoms with Gasteiger partial charge in [-0.3, -0.25) is 0 Å². The Balaban J connectivity index is 2.47. The summed E-state index contributed by atoms with van der Waals surface area (Å²) in [6, 6.07) is 4.02. The van der Waals surface area contributed by atoms with Gasteiger partial charge in [-0.05, 0) is 18.2 Å². The average molecular weight is 343 g/mol. The summed E-state index contributed by atoms with van der Waals surface area (Å²) in [6.07, 6.45) is 0.183. The molecule has 0 saturated carbocycles. The van der Waals surface area contributed by atoms with Gasteiger partial charge in [-0.25, -0.2) is 9.37 Å². The van der Waals surface area contributed by atoms with Gasteiger partial charge in [-0.2, -0.15) is 4.98 Å². The van der Waals surface area contributed by atoms with Crippen LogP contribution < -0.4 is 9.47 Å². The number of aliphatic hydroxyl groups is 1. The molecule has 0 radical (unpaired) electrons. The molecular weight excluding hydrogens is 331 g/mol. The third-order valence-corrected chi connectivity index (χ3v) is 3.38. The molecular formula is C13H12BrFN2O3. The van der Waals surface area contributed by atoms with Gasteiger partial charge in [0.25, 0.3) is 0 Å². The van der Waals surface area contributed by atoms with Crippen LogP contribution in [0.5, 0.6) is 11.8 Å². The van der Waals surface area contributed by atoms with Gasteiger partial charge >= 0.3 is 0 Å². The minimum atomic E-state index is -1.17. The molecule has 2 rings (SSSR count). The molecule has 7 heteroatoms. The summed E-state index contributed by atoms with van der Waals surface area (Å²) in [5.41, 5.74) is 0.516. The quantitative estimate of drug-likeness (QED) is 0.924. The lowest BCUT2D eigenvalue weighted by Crippen LogP contribution is -2.08. The highest BCUT2D eigenvalue weighted by atomic mass is 79.9. The van der Waals surface area contributed by atoms with Gasteiger partial charge in [-0.15, -0.1) is 0 Å². The summed E-state index contributed by atoms with van der Waals surface area (Å²) in [6.45, 7) is 0. The predicted molar refractivity (Wildman–Crippen MR) is 73.3 cm³/mol. The van der Waals surface area contributed by atoms with Gasteiger partial charge in [0.1, 0.15) is 17.6 Å². The molecule has 1 atom stereocenters. The molecule has 1 unspecified atom stereocenters. The smallest absolute Gasteiger partial charge is 0.241 e. The molecule has 20 heavy (non-hydrogen) atoms. The lowest BCUT2D eigenvalue weighted by molar-refractivity contribution is 0.205. The highest BCUT2D eigenvalue weighted by Crippen LogP contribution is 2.32. The Morgan fingerprint density at radius 3 is 2.70 bits per heavy atom. The Morgan fingerprint density at radius 1 is 1.30 bits per heavy atom. The molecule has 0 amide bonds. The maximum atomic E-state index is 13.3. The third kappa shape index (κ3) is 2.88. The zero-order chi connectivity index (χ0) is 14.7. The van der Waals surface area contributed by atoms with Gasteiger partial charge < -0.3 is 14.6 Å². The van der Waals surface area contributed by atoms with E-state index in [-0.39, 0.29) is 17.5 Å². The van der Waals surface area contributed by atoms with Crippen molar-refractivity contribution in [2.24, 2.45) is 0 Å². The first-order valence-electron chi connectivity index (χ1n) is 5.64. The normalized spacial score (nSPS) is 12.1. The van der Waals surface area contributed by atoms with E-state index in [1.165, 1.54) is 38.6 Å². The number of benzene rings is 1. The first kappa shape index (κ1) is 14.7. The maximum absolute atomic E-state index is 13.3. The highest BCUT2D eigenvalue weighted by Gasteiger charge is 2.21. The Morgan fingerprint density at radius 2 is 2.05 bits per heavy atom. The number of nitrogens with zero attached hydrogens (tertiary/aromatic N) is 2. The Labute approximate surface area is 123 Å². The number of rotatable bonds is 4. The number of methoxy groups -OCH3 is 2. The van der Waals surface area contributed by atoms with Crippen molar-refractivity contribution in [3.63, 3.8) is 0 Å². The van der Waals surface area contributed by atoms with Crippen molar-refractivity contribution in [2.75, 3.05) is 14.2 Å². The lowest BCUT2D eigenvalue weighted by Gasteiger charge is -2.15. The van der Waals surface area contributed by atoms with Crippen LogP contribution in [0, 0.1) is 5.82 Å². The van der Waals surface area contributed by atoms with Crippen LogP contribution in [0.2, 0.25) is 0 Å². The zero-order valence-electron chi connectivity index (χ0n) is 10.8. The molecule has 0 aliphatic carbocycles. The molecule has 1 heterocycles. The van der Waals surface area contributed by atoms with Crippen molar-refractivity contribution in [3.8, 4) is 11.8 Å². The molecule has 0 aliphatic heterocycles. The number of hydrogen-bond donors (Lipinski definition) is 1. The average Bonchev–Trinajstić information content (AvgIpc) is 2.48. The molecule has 5 nitrogen and oxygen atoms in total. The molecule has 0 bridgehead atoms. The number of aromatic nitrogens is 2. The maximum Gasteiger partial charge on any atom is 0.241 e. The van der Waals surface area contributed by atoms with E-state index in [0.717, 1.165) is 0 Å². The first-order chi connectivity index (χ1) is 9.56. The SMILES string of the molecule is COc1cnc(C(O)c2cc(F)ccc2Br)c(OC)n1. The molecule has 106 valence electrons. The van der Waals surface area contributed by atoms with Gasteiger partial charge in [0.15, 0.2) is 0 Å². The van der Waals surface area contributed by atoms with E-state index < -0.39 is 11.9 Å². The highest BCUT2D eigenvalue weighted by molar-refractivity contribution is 9.10. The van der Waals surface area contributed by atoms with Crippen molar-refractivity contribution < 1.29 is 19.0 Å². The molecule has 2 aromatic rings. The predicted octanol–water partition coefficient (Wildman–Crippen LogP) is 2.48. The molecule has 1 aromatic carbocycles. The minimum absolute atomic E-state index is 0.119. The molecule has 0 aliphatic rings. The van der Waals surface area contributed by atoms with Crippen molar-refractivity contribution >= 4 is 15.9 Å². The molecule has 1 N–H and O–H groups in total. The van der Waals surface area contributed by atoms with E-state index in [1.54, 1.807) is 0 Å². The summed E-state index contributed by atoms with van der Waals surface area (Å²) >= 11 is 3.26. The fourth-order valence-electron chi connectivity index (χ4n) is 1.67. The van der Waals surface area contributed by atoms with E-state index in [0.29, 0.717) is 10.0 Å². The van der Waals surface area contributed by atoms with Crippen LogP contribution in [0.1, 0.15) is 17.4 Å². The van der Waals surface area contributed by atoms with Crippen molar-refractivity contribution in [1.82, 2.24) is 9.97 Å². The topological polar surface area (TPSA) is 64.5 Å². The van der Waals surface area contributed by atoms with E-state index >= 15 is 0 Å². The summed E-state index contributed by atoms with van der Waals surface area (Å²) < 4.78 is 23.9. The Kier molecular flexibility index (Phi) is 4.51. The zero-order valence-corrected chi connectivity index (χ0v) is 12.4. The second kappa shape index (κ2) is 6.15. The Hall–Kier alpha value is -1.73. The molecule has 0 fully saturated rings. The van der Waals surface area contributed by atoms with Crippen LogP contribution in [-0.2, 0) is 0 Å². The van der Waals surface area contributed by atoms with Gasteiger partial charge in [0, 0.05) is 10.0 Å². The molecule has 1 aromatic heterocycles. The van der Waals surface area contributed by atoms with E-state index in [4.69, 9.17) is 9.47 Å². The third-order valence-electron chi connectivity index (χ3n) is 2.66. The van der Waals surface area contributed by atoms with Crippen LogP contribution in [0.4, 0.5) is 4.39 Å². The number of aliphatic hydroxyl groups excluding tert-OH is 1. The van der Waals surface area contributed by atoms with E-state index in [1.807, 2.05) is 0 Å². The number of ether oxygens (including phenoxy) is 2. The number of hydrogen-bond acceptors (Lipinski definition) is 5. The van der Waals surface area contributed by atoms with Crippen molar-refractivity contribution in [1.29, 1.82) is 0 Å². The molecule has 0 saturated heterocycles. The van der Waals surface area contributed by atoms with E-state index in [9.17, 15) is 9.50 Å². The van der Waals surface area contributed by atoms with Crippen LogP contribution in [0.3, 0.4) is 0 Å².